The van der Waals surface area contributed by atoms with Gasteiger partial charge in [-0.15, -0.1) is 21.9 Å². The van der Waals surface area contributed by atoms with Crippen molar-refractivity contribution in [3.05, 3.63) is 99.9 Å². The lowest BCUT2D eigenvalue weighted by Crippen LogP contribution is -2.19. The predicted molar refractivity (Wildman–Crippen MR) is 127 cm³/mol. The van der Waals surface area contributed by atoms with Crippen molar-refractivity contribution < 1.29 is 19.4 Å². The van der Waals surface area contributed by atoms with Crippen molar-refractivity contribution in [1.29, 1.82) is 0 Å². The van der Waals surface area contributed by atoms with E-state index < -0.39 is 5.09 Å². The first kappa shape index (κ1) is 26.3. The highest BCUT2D eigenvalue weighted by Crippen LogP contribution is 2.25. The third-order valence-corrected chi connectivity index (χ3v) is 6.02. The Labute approximate surface area is 197 Å². The molecule has 9 heteroatoms. The molecule has 1 unspecified atom stereocenters. The van der Waals surface area contributed by atoms with Crippen LogP contribution in [0.15, 0.2) is 67.3 Å². The van der Waals surface area contributed by atoms with E-state index in [0.29, 0.717) is 18.5 Å². The molecule has 0 aliphatic rings. The molecule has 0 saturated carbocycles. The molecular formula is C24H30FN3O4S. The Morgan fingerprint density at radius 3 is 2.30 bits per heavy atom. The van der Waals surface area contributed by atoms with E-state index in [2.05, 4.69) is 54.6 Å². The van der Waals surface area contributed by atoms with Gasteiger partial charge in [-0.2, -0.15) is 0 Å². The van der Waals surface area contributed by atoms with Gasteiger partial charge >= 0.3 is 0 Å². The van der Waals surface area contributed by atoms with Crippen molar-refractivity contribution in [3.63, 3.8) is 0 Å². The van der Waals surface area contributed by atoms with Gasteiger partial charge in [0, 0.05) is 29.9 Å². The summed E-state index contributed by atoms with van der Waals surface area (Å²) in [6, 6.07) is 15.4. The maximum atomic E-state index is 13.0. The topological polar surface area (TPSA) is 90.4 Å². The van der Waals surface area contributed by atoms with E-state index in [0.717, 1.165) is 17.9 Å². The van der Waals surface area contributed by atoms with Crippen LogP contribution in [0.25, 0.3) is 0 Å². The fourth-order valence-corrected chi connectivity index (χ4v) is 4.08. The maximum absolute atomic E-state index is 13.0. The molecule has 1 aromatic heterocycles. The summed E-state index contributed by atoms with van der Waals surface area (Å²) in [4.78, 5) is 12.5. The molecular weight excluding hydrogens is 445 g/mol. The number of nitrogens with zero attached hydrogens (tertiary/aromatic N) is 3. The van der Waals surface area contributed by atoms with Gasteiger partial charge < -0.3 is 14.5 Å². The van der Waals surface area contributed by atoms with E-state index in [9.17, 15) is 4.39 Å². The Kier molecular flexibility index (Phi) is 10.3. The van der Waals surface area contributed by atoms with Crippen molar-refractivity contribution in [2.75, 3.05) is 6.61 Å². The second-order valence-electron chi connectivity index (χ2n) is 8.52. The van der Waals surface area contributed by atoms with Gasteiger partial charge in [0.05, 0.1) is 19.5 Å². The molecule has 0 aliphatic carbocycles. The molecule has 3 aromatic rings. The number of thioether (sulfide) groups is 1. The Morgan fingerprint density at radius 2 is 1.76 bits per heavy atom. The lowest BCUT2D eigenvalue weighted by Gasteiger charge is -2.20. The van der Waals surface area contributed by atoms with Crippen molar-refractivity contribution in [2.45, 2.75) is 50.3 Å². The van der Waals surface area contributed by atoms with Crippen LogP contribution < -0.4 is 0 Å². The number of hydrogen-bond donors (Lipinski definition) is 1. The van der Waals surface area contributed by atoms with Gasteiger partial charge in [0.2, 0.25) is 0 Å². The number of ether oxygens (including phenoxy) is 1. The quantitative estimate of drug-likeness (QED) is 0.325. The van der Waals surface area contributed by atoms with Crippen LogP contribution in [0.4, 0.5) is 4.39 Å². The predicted octanol–water partition coefficient (Wildman–Crippen LogP) is 5.49. The maximum Gasteiger partial charge on any atom is 0.291 e. The van der Waals surface area contributed by atoms with Crippen LogP contribution in [0.3, 0.4) is 0 Å². The molecule has 0 fully saturated rings. The van der Waals surface area contributed by atoms with Crippen molar-refractivity contribution in [3.8, 4) is 0 Å². The number of halogens is 1. The highest BCUT2D eigenvalue weighted by molar-refractivity contribution is 7.99. The number of benzene rings is 2. The lowest BCUT2D eigenvalue weighted by atomic mass is 9.87. The summed E-state index contributed by atoms with van der Waals surface area (Å²) in [6.45, 7) is 8.65. The molecule has 0 bridgehead atoms. The van der Waals surface area contributed by atoms with Gasteiger partial charge in [0.1, 0.15) is 5.82 Å². The molecule has 33 heavy (non-hydrogen) atoms. The van der Waals surface area contributed by atoms with E-state index in [4.69, 9.17) is 20.1 Å². The molecule has 3 rings (SSSR count). The molecule has 7 nitrogen and oxygen atoms in total. The van der Waals surface area contributed by atoms with Crippen LogP contribution in [0.2, 0.25) is 0 Å². The molecule has 0 saturated heterocycles. The first-order valence-corrected chi connectivity index (χ1v) is 11.5. The van der Waals surface area contributed by atoms with Crippen molar-refractivity contribution >= 4 is 11.8 Å². The highest BCUT2D eigenvalue weighted by atomic mass is 32.2. The molecule has 0 amide bonds. The van der Waals surface area contributed by atoms with Crippen LogP contribution in [0.5, 0.6) is 0 Å². The summed E-state index contributed by atoms with van der Waals surface area (Å²) >= 11 is 1.89. The number of imidazole rings is 1. The Hall–Kier alpha value is -2.91. The van der Waals surface area contributed by atoms with Crippen LogP contribution in [0, 0.1) is 15.9 Å². The van der Waals surface area contributed by atoms with E-state index in [-0.39, 0.29) is 11.2 Å². The van der Waals surface area contributed by atoms with Gasteiger partial charge in [-0.3, -0.25) is 0 Å². The Bertz CT molecular complexity index is 955. The minimum absolute atomic E-state index is 0.170. The summed E-state index contributed by atoms with van der Waals surface area (Å²) in [5.74, 6) is 0.712. The normalized spacial score (nSPS) is 12.0. The average molecular weight is 476 g/mol. The number of rotatable bonds is 9. The third-order valence-electron chi connectivity index (χ3n) is 4.77. The van der Waals surface area contributed by atoms with E-state index in [1.165, 1.54) is 23.3 Å². The summed E-state index contributed by atoms with van der Waals surface area (Å²) in [6.07, 6.45) is 5.61. The van der Waals surface area contributed by atoms with Crippen LogP contribution in [0.1, 0.15) is 37.5 Å². The smallest absolute Gasteiger partial charge is 0.291 e. The van der Waals surface area contributed by atoms with Gasteiger partial charge in [-0.25, -0.2) is 9.37 Å². The fourth-order valence-electron chi connectivity index (χ4n) is 2.99. The van der Waals surface area contributed by atoms with Crippen molar-refractivity contribution in [2.24, 2.45) is 0 Å². The largest absolute Gasteiger partial charge is 0.376 e. The average Bonchev–Trinajstić information content (AvgIpc) is 3.26. The minimum atomic E-state index is -1.50. The van der Waals surface area contributed by atoms with E-state index in [1.54, 1.807) is 18.3 Å². The molecule has 2 aromatic carbocycles. The Morgan fingerprint density at radius 1 is 1.15 bits per heavy atom. The zero-order chi connectivity index (χ0) is 24.3. The third kappa shape index (κ3) is 10.5. The lowest BCUT2D eigenvalue weighted by molar-refractivity contribution is -0.742. The molecule has 0 radical (unpaired) electrons. The fraction of sp³-hybridized carbons (Fsp3) is 0.375. The highest BCUT2D eigenvalue weighted by Gasteiger charge is 2.14. The summed E-state index contributed by atoms with van der Waals surface area (Å²) < 4.78 is 21.1. The van der Waals surface area contributed by atoms with Crippen LogP contribution >= 0.6 is 11.8 Å². The monoisotopic (exact) mass is 475 g/mol. The van der Waals surface area contributed by atoms with E-state index in [1.807, 2.05) is 24.3 Å². The second-order valence-corrected chi connectivity index (χ2v) is 9.81. The van der Waals surface area contributed by atoms with Crippen LogP contribution in [-0.4, -0.2) is 31.7 Å². The molecule has 0 spiro atoms. The Balaban J connectivity index is 0.000000890. The molecule has 178 valence electrons. The number of aromatic nitrogens is 2. The van der Waals surface area contributed by atoms with Gasteiger partial charge in [-0.05, 0) is 34.2 Å². The van der Waals surface area contributed by atoms with Crippen LogP contribution in [-0.2, 0) is 29.1 Å². The summed E-state index contributed by atoms with van der Waals surface area (Å²) in [5.41, 5.74) is 3.82. The zero-order valence-corrected chi connectivity index (χ0v) is 19.9. The molecule has 1 atom stereocenters. The van der Waals surface area contributed by atoms with Crippen molar-refractivity contribution in [1.82, 2.24) is 9.55 Å². The van der Waals surface area contributed by atoms with E-state index >= 15 is 0 Å². The first-order valence-electron chi connectivity index (χ1n) is 10.5. The molecule has 0 aliphatic heterocycles. The van der Waals surface area contributed by atoms with Gasteiger partial charge in [0.25, 0.3) is 5.09 Å². The number of hydrogen-bond acceptors (Lipinski definition) is 5. The van der Waals surface area contributed by atoms with Gasteiger partial charge in [0.15, 0.2) is 0 Å². The first-order chi connectivity index (χ1) is 15.6. The molecule has 1 N–H and O–H groups in total. The minimum Gasteiger partial charge on any atom is -0.376 e. The SMILES string of the molecule is CC(C)(C)c1ccc(CSC(COCc2ccc(F)cc2)Cn2ccnc2)cc1.O=[N+]([O-])O. The summed E-state index contributed by atoms with van der Waals surface area (Å²) in [5, 5.41) is 13.9. The second kappa shape index (κ2) is 13.0. The van der Waals surface area contributed by atoms with Gasteiger partial charge in [-0.1, -0.05) is 57.2 Å². The zero-order valence-electron chi connectivity index (χ0n) is 19.1. The summed E-state index contributed by atoms with van der Waals surface area (Å²) in [7, 11) is 0. The standard InChI is InChI=1S/C24H29FN2OS.HNO3/c1-24(2,3)21-8-4-20(5-9-21)17-29-23(14-27-13-12-26-18-27)16-28-15-19-6-10-22(25)11-7-19;2-1(3)4/h4-13,18,23H,14-17H2,1-3H3;(H,2,3,4). The molecule has 1 heterocycles.